The van der Waals surface area contributed by atoms with Crippen LogP contribution in [0.25, 0.3) is 0 Å². The van der Waals surface area contributed by atoms with Crippen LogP contribution in [0.4, 0.5) is 0 Å². The molecule has 6 nitrogen and oxygen atoms in total. The third-order valence-corrected chi connectivity index (χ3v) is 3.85. The lowest BCUT2D eigenvalue weighted by molar-refractivity contribution is 0.162. The van der Waals surface area contributed by atoms with E-state index in [4.69, 9.17) is 4.74 Å². The average Bonchev–Trinajstić information content (AvgIpc) is 2.70. The lowest BCUT2D eigenvalue weighted by Crippen LogP contribution is -2.30. The lowest BCUT2D eigenvalue weighted by atomic mass is 10.6. The number of hydrogen-bond donors (Lipinski definition) is 1. The molecule has 0 aliphatic heterocycles. The molecule has 0 aliphatic rings. The Labute approximate surface area is 95.7 Å². The summed E-state index contributed by atoms with van der Waals surface area (Å²) in [5, 5.41) is 0. The summed E-state index contributed by atoms with van der Waals surface area (Å²) in [5.41, 5.74) is 0. The number of hydrogen-bond acceptors (Lipinski definition) is 4. The highest BCUT2D eigenvalue weighted by molar-refractivity contribution is 7.89. The van der Waals surface area contributed by atoms with Crippen LogP contribution in [-0.2, 0) is 21.3 Å². The molecular weight excluding hydrogens is 230 g/mol. The number of ether oxygens (including phenoxy) is 1. The van der Waals surface area contributed by atoms with Crippen molar-refractivity contribution in [3.63, 3.8) is 0 Å². The number of nitrogens with one attached hydrogen (secondary N) is 1. The first-order valence-electron chi connectivity index (χ1n) is 5.06. The van der Waals surface area contributed by atoms with Gasteiger partial charge in [0.1, 0.15) is 5.82 Å². The van der Waals surface area contributed by atoms with Gasteiger partial charge >= 0.3 is 0 Å². The summed E-state index contributed by atoms with van der Waals surface area (Å²) in [5.74, 6) is 0.625. The van der Waals surface area contributed by atoms with Crippen LogP contribution in [0.3, 0.4) is 0 Å². The topological polar surface area (TPSA) is 75.3 Å². The predicted octanol–water partition coefficient (Wildman–Crippen LogP) is 0.208. The molecular formula is C9H17N3O3S. The van der Waals surface area contributed by atoms with Gasteiger partial charge < -0.3 is 9.72 Å². The van der Waals surface area contributed by atoms with Gasteiger partial charge in [-0.3, -0.25) is 0 Å². The lowest BCUT2D eigenvalue weighted by Gasteiger charge is -2.15. The van der Waals surface area contributed by atoms with Crippen LogP contribution in [0.2, 0.25) is 0 Å². The van der Waals surface area contributed by atoms with E-state index in [1.807, 2.05) is 6.92 Å². The number of aromatic nitrogens is 2. The second-order valence-corrected chi connectivity index (χ2v) is 5.50. The first kappa shape index (κ1) is 13.1. The number of nitrogens with zero attached hydrogens (tertiary/aromatic N) is 2. The largest absolute Gasteiger partial charge is 0.381 e. The maximum Gasteiger partial charge on any atom is 0.216 e. The minimum Gasteiger partial charge on any atom is -0.381 e. The quantitative estimate of drug-likeness (QED) is 0.699. The van der Waals surface area contributed by atoms with Crippen LogP contribution in [-0.4, -0.2) is 48.7 Å². The summed E-state index contributed by atoms with van der Waals surface area (Å²) in [6.45, 7) is 2.83. The van der Waals surface area contributed by atoms with Gasteiger partial charge in [0, 0.05) is 26.0 Å². The van der Waals surface area contributed by atoms with E-state index in [-0.39, 0.29) is 18.9 Å². The van der Waals surface area contributed by atoms with E-state index in [9.17, 15) is 8.42 Å². The highest BCUT2D eigenvalue weighted by Gasteiger charge is 2.18. The van der Waals surface area contributed by atoms with Crippen molar-refractivity contribution in [3.05, 3.63) is 18.2 Å². The molecule has 16 heavy (non-hydrogen) atoms. The molecule has 1 N–H and O–H groups in total. The highest BCUT2D eigenvalue weighted by atomic mass is 32.2. The van der Waals surface area contributed by atoms with Crippen molar-refractivity contribution in [2.75, 3.05) is 26.0 Å². The van der Waals surface area contributed by atoms with Crippen molar-refractivity contribution in [1.82, 2.24) is 14.3 Å². The van der Waals surface area contributed by atoms with E-state index in [1.165, 1.54) is 11.4 Å². The second-order valence-electron chi connectivity index (χ2n) is 3.30. The van der Waals surface area contributed by atoms with Gasteiger partial charge in [-0.05, 0) is 6.92 Å². The number of H-pyrrole nitrogens is 1. The van der Waals surface area contributed by atoms with Gasteiger partial charge in [0.05, 0.1) is 18.9 Å². The van der Waals surface area contributed by atoms with Crippen molar-refractivity contribution in [2.45, 2.75) is 13.5 Å². The van der Waals surface area contributed by atoms with E-state index in [1.54, 1.807) is 12.4 Å². The van der Waals surface area contributed by atoms with Gasteiger partial charge in [-0.2, -0.15) is 4.31 Å². The zero-order valence-corrected chi connectivity index (χ0v) is 10.3. The molecule has 0 unspecified atom stereocenters. The number of rotatable bonds is 7. The second kappa shape index (κ2) is 5.97. The molecule has 0 spiro atoms. The molecule has 0 saturated carbocycles. The van der Waals surface area contributed by atoms with Crippen LogP contribution in [0.5, 0.6) is 0 Å². The van der Waals surface area contributed by atoms with Crippen molar-refractivity contribution in [2.24, 2.45) is 0 Å². The average molecular weight is 247 g/mol. The minimum atomic E-state index is -3.26. The van der Waals surface area contributed by atoms with Crippen molar-refractivity contribution in [1.29, 1.82) is 0 Å². The minimum absolute atomic E-state index is 0.00194. The van der Waals surface area contributed by atoms with Crippen LogP contribution in [0.1, 0.15) is 12.7 Å². The van der Waals surface area contributed by atoms with Gasteiger partial charge in [0.2, 0.25) is 10.0 Å². The van der Waals surface area contributed by atoms with Gasteiger partial charge in [0.15, 0.2) is 0 Å². The van der Waals surface area contributed by atoms with Gasteiger partial charge in [0.25, 0.3) is 0 Å². The molecule has 0 atom stereocenters. The van der Waals surface area contributed by atoms with E-state index in [2.05, 4.69) is 9.97 Å². The van der Waals surface area contributed by atoms with Crippen molar-refractivity contribution in [3.8, 4) is 0 Å². The Kier molecular flexibility index (Phi) is 4.91. The van der Waals surface area contributed by atoms with Gasteiger partial charge in [-0.25, -0.2) is 13.4 Å². The van der Waals surface area contributed by atoms with E-state index in [0.29, 0.717) is 12.4 Å². The molecule has 0 bridgehead atoms. The summed E-state index contributed by atoms with van der Waals surface area (Å²) in [6, 6.07) is 0. The molecule has 0 radical (unpaired) electrons. The van der Waals surface area contributed by atoms with Gasteiger partial charge in [-0.15, -0.1) is 0 Å². The third-order valence-electron chi connectivity index (χ3n) is 2.09. The summed E-state index contributed by atoms with van der Waals surface area (Å²) in [6.07, 6.45) is 3.26. The first-order chi connectivity index (χ1) is 7.56. The monoisotopic (exact) mass is 247 g/mol. The standard InChI is InChI=1S/C9H17N3O3S/c1-3-15-6-7-16(13,14)12(2)8-9-10-4-5-11-9/h4-5H,3,6-8H2,1-2H3,(H,10,11). The number of imidazole rings is 1. The van der Waals surface area contributed by atoms with Crippen LogP contribution in [0, 0.1) is 0 Å². The zero-order valence-electron chi connectivity index (χ0n) is 9.51. The van der Waals surface area contributed by atoms with Crippen molar-refractivity contribution >= 4 is 10.0 Å². The van der Waals surface area contributed by atoms with E-state index < -0.39 is 10.0 Å². The Hall–Kier alpha value is -0.920. The Morgan fingerprint density at radius 2 is 2.31 bits per heavy atom. The molecule has 92 valence electrons. The molecule has 0 aliphatic carbocycles. The molecule has 7 heteroatoms. The van der Waals surface area contributed by atoms with Crippen LogP contribution >= 0.6 is 0 Å². The summed E-state index contributed by atoms with van der Waals surface area (Å²) >= 11 is 0. The fourth-order valence-corrected chi connectivity index (χ4v) is 2.12. The summed E-state index contributed by atoms with van der Waals surface area (Å²) < 4.78 is 29.8. The molecule has 0 saturated heterocycles. The Bertz CT molecular complexity index is 388. The fourth-order valence-electron chi connectivity index (χ4n) is 1.16. The fraction of sp³-hybridized carbons (Fsp3) is 0.667. The van der Waals surface area contributed by atoms with Gasteiger partial charge in [-0.1, -0.05) is 0 Å². The summed E-state index contributed by atoms with van der Waals surface area (Å²) in [7, 11) is -1.73. The Morgan fingerprint density at radius 3 is 2.88 bits per heavy atom. The maximum atomic E-state index is 11.7. The summed E-state index contributed by atoms with van der Waals surface area (Å²) in [4.78, 5) is 6.83. The SMILES string of the molecule is CCOCCS(=O)(=O)N(C)Cc1ncc[nH]1. The van der Waals surface area contributed by atoms with Crippen LogP contribution in [0.15, 0.2) is 12.4 Å². The molecule has 1 aromatic heterocycles. The normalized spacial score (nSPS) is 12.2. The Morgan fingerprint density at radius 1 is 1.56 bits per heavy atom. The molecule has 1 heterocycles. The van der Waals surface area contributed by atoms with Crippen LogP contribution < -0.4 is 0 Å². The smallest absolute Gasteiger partial charge is 0.216 e. The van der Waals surface area contributed by atoms with Crippen molar-refractivity contribution < 1.29 is 13.2 Å². The first-order valence-corrected chi connectivity index (χ1v) is 6.67. The van der Waals surface area contributed by atoms with E-state index >= 15 is 0 Å². The molecule has 0 fully saturated rings. The molecule has 1 rings (SSSR count). The zero-order chi connectivity index (χ0) is 12.0. The third kappa shape index (κ3) is 3.92. The highest BCUT2D eigenvalue weighted by Crippen LogP contribution is 2.03. The van der Waals surface area contributed by atoms with E-state index in [0.717, 1.165) is 0 Å². The predicted molar refractivity (Wildman–Crippen MR) is 60.3 cm³/mol. The maximum absolute atomic E-state index is 11.7. The number of aromatic amines is 1. The molecule has 0 aromatic carbocycles. The molecule has 1 aromatic rings. The molecule has 0 amide bonds. The number of sulfonamides is 1. The Balaban J connectivity index is 2.48.